The Morgan fingerprint density at radius 2 is 1.96 bits per heavy atom. The molecule has 6 heteroatoms. The molecular formula is C20H27N5O. The molecule has 2 fully saturated rings. The van der Waals surface area contributed by atoms with Crippen molar-refractivity contribution in [1.82, 2.24) is 14.5 Å². The molecule has 0 spiro atoms. The van der Waals surface area contributed by atoms with E-state index in [9.17, 15) is 4.79 Å². The fraction of sp³-hybridized carbons (Fsp3) is 0.500. The van der Waals surface area contributed by atoms with E-state index in [4.69, 9.17) is 11.5 Å². The minimum absolute atomic E-state index is 0.240. The molecule has 0 amide bonds. The number of hydrogen-bond acceptors (Lipinski definition) is 5. The molecule has 1 aromatic carbocycles. The van der Waals surface area contributed by atoms with Gasteiger partial charge < -0.3 is 16.4 Å². The Morgan fingerprint density at radius 1 is 1.23 bits per heavy atom. The lowest BCUT2D eigenvalue weighted by molar-refractivity contribution is 0.166. The second-order valence-electron chi connectivity index (χ2n) is 7.92. The molecule has 138 valence electrons. The molecule has 26 heavy (non-hydrogen) atoms. The summed E-state index contributed by atoms with van der Waals surface area (Å²) in [6.07, 6.45) is 5.07. The quantitative estimate of drug-likeness (QED) is 0.848. The highest BCUT2D eigenvalue weighted by Crippen LogP contribution is 2.53. The van der Waals surface area contributed by atoms with Gasteiger partial charge in [-0.2, -0.15) is 4.98 Å². The molecule has 4 rings (SSSR count). The van der Waals surface area contributed by atoms with Crippen molar-refractivity contribution >= 4 is 5.82 Å². The lowest BCUT2D eigenvalue weighted by Gasteiger charge is -2.32. The molecular weight excluding hydrogens is 326 g/mol. The van der Waals surface area contributed by atoms with Crippen LogP contribution in [0.2, 0.25) is 0 Å². The summed E-state index contributed by atoms with van der Waals surface area (Å²) >= 11 is 0. The Balaban J connectivity index is 1.43. The minimum Gasteiger partial charge on any atom is -0.383 e. The summed E-state index contributed by atoms with van der Waals surface area (Å²) in [5.74, 6) is 1.81. The number of rotatable bonds is 5. The lowest BCUT2D eigenvalue weighted by atomic mass is 10.0. The van der Waals surface area contributed by atoms with Crippen LogP contribution in [0.25, 0.3) is 5.69 Å². The van der Waals surface area contributed by atoms with E-state index >= 15 is 0 Å². The Labute approximate surface area is 153 Å². The predicted octanol–water partition coefficient (Wildman–Crippen LogP) is 1.41. The molecule has 0 saturated heterocycles. The van der Waals surface area contributed by atoms with E-state index < -0.39 is 0 Å². The minimum atomic E-state index is -0.359. The van der Waals surface area contributed by atoms with Crippen LogP contribution in [0.15, 0.2) is 41.3 Å². The van der Waals surface area contributed by atoms with E-state index in [1.54, 1.807) is 12.3 Å². The Hall–Kier alpha value is -2.18. The third kappa shape index (κ3) is 3.15. The zero-order chi connectivity index (χ0) is 18.4. The van der Waals surface area contributed by atoms with E-state index in [1.165, 1.54) is 16.6 Å². The normalized spacial score (nSPS) is 28.2. The van der Waals surface area contributed by atoms with E-state index in [-0.39, 0.29) is 11.5 Å². The lowest BCUT2D eigenvalue weighted by Crippen LogP contribution is -2.41. The smallest absolute Gasteiger partial charge is 0.354 e. The van der Waals surface area contributed by atoms with Crippen LogP contribution < -0.4 is 17.2 Å². The number of aromatic nitrogens is 2. The van der Waals surface area contributed by atoms with Crippen LogP contribution in [0.5, 0.6) is 0 Å². The van der Waals surface area contributed by atoms with Gasteiger partial charge in [0, 0.05) is 24.3 Å². The zero-order valence-corrected chi connectivity index (χ0v) is 15.4. The maximum atomic E-state index is 12.0. The van der Waals surface area contributed by atoms with Gasteiger partial charge in [-0.15, -0.1) is 0 Å². The summed E-state index contributed by atoms with van der Waals surface area (Å²) in [7, 11) is 2.23. The molecule has 0 aliphatic heterocycles. The van der Waals surface area contributed by atoms with Crippen molar-refractivity contribution in [3.8, 4) is 5.69 Å². The van der Waals surface area contributed by atoms with Gasteiger partial charge in [0.1, 0.15) is 5.82 Å². The third-order valence-corrected chi connectivity index (χ3v) is 6.24. The Morgan fingerprint density at radius 3 is 2.54 bits per heavy atom. The van der Waals surface area contributed by atoms with Gasteiger partial charge in [-0.25, -0.2) is 4.79 Å². The van der Waals surface area contributed by atoms with Crippen LogP contribution in [0, 0.1) is 11.8 Å². The third-order valence-electron chi connectivity index (χ3n) is 6.24. The van der Waals surface area contributed by atoms with Crippen molar-refractivity contribution in [1.29, 1.82) is 0 Å². The molecule has 2 aliphatic carbocycles. The average Bonchev–Trinajstić information content (AvgIpc) is 3.34. The van der Waals surface area contributed by atoms with Gasteiger partial charge in [0.15, 0.2) is 0 Å². The monoisotopic (exact) mass is 353 g/mol. The topological polar surface area (TPSA) is 90.2 Å². The SMILES string of the molecule is CC(Cc1ccc(-n2ccc(N)nc2=O)cc1)N(C)C1C[C@H](N)C2CC21. The van der Waals surface area contributed by atoms with Crippen LogP contribution in [-0.4, -0.2) is 39.6 Å². The highest BCUT2D eigenvalue weighted by atomic mass is 16.1. The first kappa shape index (κ1) is 17.2. The van der Waals surface area contributed by atoms with Gasteiger partial charge in [0.2, 0.25) is 0 Å². The molecule has 4 N–H and O–H groups in total. The van der Waals surface area contributed by atoms with Gasteiger partial charge >= 0.3 is 5.69 Å². The van der Waals surface area contributed by atoms with Gasteiger partial charge in [0.25, 0.3) is 0 Å². The van der Waals surface area contributed by atoms with Gasteiger partial charge in [-0.1, -0.05) is 12.1 Å². The fourth-order valence-corrected chi connectivity index (χ4v) is 4.48. The number of anilines is 1. The summed E-state index contributed by atoms with van der Waals surface area (Å²) in [4.78, 5) is 18.2. The molecule has 0 radical (unpaired) electrons. The van der Waals surface area contributed by atoms with Gasteiger partial charge in [-0.05, 0) is 68.8 Å². The molecule has 2 aliphatic rings. The predicted molar refractivity (Wildman–Crippen MR) is 103 cm³/mol. The standard InChI is InChI=1S/C20H27N5O/c1-12(24(2)18-11-17(21)15-10-16(15)18)9-13-3-5-14(6-4-13)25-8-7-19(22)23-20(25)26/h3-8,12,15-18H,9-11,21H2,1-2H3,(H2,22,23,26)/t12?,15?,16?,17-,18?/m0/s1. The number of benzene rings is 1. The fourth-order valence-electron chi connectivity index (χ4n) is 4.48. The molecule has 2 aromatic rings. The number of fused-ring (bicyclic) bond motifs is 1. The summed E-state index contributed by atoms with van der Waals surface area (Å²) in [5, 5.41) is 0. The Bertz CT molecular complexity index is 846. The molecule has 4 unspecified atom stereocenters. The van der Waals surface area contributed by atoms with Gasteiger partial charge in [-0.3, -0.25) is 4.57 Å². The summed E-state index contributed by atoms with van der Waals surface area (Å²) < 4.78 is 1.50. The molecule has 1 aromatic heterocycles. The number of nitrogens with two attached hydrogens (primary N) is 2. The van der Waals surface area contributed by atoms with Crippen molar-refractivity contribution in [2.24, 2.45) is 17.6 Å². The van der Waals surface area contributed by atoms with E-state index in [1.807, 2.05) is 12.1 Å². The molecule has 0 bridgehead atoms. The number of nitrogens with zero attached hydrogens (tertiary/aromatic N) is 3. The largest absolute Gasteiger partial charge is 0.383 e. The zero-order valence-electron chi connectivity index (χ0n) is 15.4. The maximum absolute atomic E-state index is 12.0. The van der Waals surface area contributed by atoms with Crippen LogP contribution in [0.4, 0.5) is 5.82 Å². The number of nitrogen functional groups attached to an aromatic ring is 1. The summed E-state index contributed by atoms with van der Waals surface area (Å²) in [6.45, 7) is 2.28. The molecule has 6 nitrogen and oxygen atoms in total. The van der Waals surface area contributed by atoms with Crippen molar-refractivity contribution in [2.75, 3.05) is 12.8 Å². The Kier molecular flexibility index (Phi) is 4.32. The van der Waals surface area contributed by atoms with Crippen LogP contribution in [0.3, 0.4) is 0 Å². The highest BCUT2D eigenvalue weighted by Gasteiger charge is 2.54. The van der Waals surface area contributed by atoms with Crippen LogP contribution in [0.1, 0.15) is 25.3 Å². The number of hydrogen-bond donors (Lipinski definition) is 2. The first-order chi connectivity index (χ1) is 12.4. The average molecular weight is 353 g/mol. The molecule has 5 atom stereocenters. The highest BCUT2D eigenvalue weighted by molar-refractivity contribution is 5.36. The first-order valence-corrected chi connectivity index (χ1v) is 9.36. The number of likely N-dealkylation sites (N-methyl/N-ethyl adjacent to an activating group) is 1. The van der Waals surface area contributed by atoms with Crippen molar-refractivity contribution in [3.63, 3.8) is 0 Å². The van der Waals surface area contributed by atoms with Crippen molar-refractivity contribution in [2.45, 2.75) is 44.3 Å². The second-order valence-corrected chi connectivity index (χ2v) is 7.92. The van der Waals surface area contributed by atoms with E-state index in [0.717, 1.165) is 30.4 Å². The van der Waals surface area contributed by atoms with Crippen LogP contribution in [-0.2, 0) is 6.42 Å². The molecule has 1 heterocycles. The second kappa shape index (κ2) is 6.52. The van der Waals surface area contributed by atoms with E-state index in [2.05, 4.69) is 36.0 Å². The van der Waals surface area contributed by atoms with Crippen LogP contribution >= 0.6 is 0 Å². The van der Waals surface area contributed by atoms with Gasteiger partial charge in [0.05, 0.1) is 5.69 Å². The summed E-state index contributed by atoms with van der Waals surface area (Å²) in [6, 6.07) is 11.2. The van der Waals surface area contributed by atoms with E-state index in [0.29, 0.717) is 18.1 Å². The van der Waals surface area contributed by atoms with Crippen molar-refractivity contribution < 1.29 is 0 Å². The molecule has 2 saturated carbocycles. The first-order valence-electron chi connectivity index (χ1n) is 9.36. The summed E-state index contributed by atoms with van der Waals surface area (Å²) in [5.41, 5.74) is 13.5. The maximum Gasteiger partial charge on any atom is 0.354 e. The van der Waals surface area contributed by atoms with Crippen molar-refractivity contribution in [3.05, 3.63) is 52.6 Å².